The summed E-state index contributed by atoms with van der Waals surface area (Å²) < 4.78 is 53.2. The van der Waals surface area contributed by atoms with Crippen LogP contribution in [0.4, 0.5) is 13.2 Å². The first kappa shape index (κ1) is 53.9. The Morgan fingerprint density at radius 2 is 0.636 bits per heavy atom. The van der Waals surface area contributed by atoms with Gasteiger partial charge in [0.25, 0.3) is 0 Å². The van der Waals surface area contributed by atoms with Gasteiger partial charge in [-0.25, -0.2) is 4.98 Å². The minimum absolute atomic E-state index is 0.0319. The van der Waals surface area contributed by atoms with E-state index in [2.05, 4.69) is 48.6 Å². The quantitative estimate of drug-likeness (QED) is 0.141. The summed E-state index contributed by atoms with van der Waals surface area (Å²) in [5.41, 5.74) is 8.66. The Morgan fingerprint density at radius 1 is 0.295 bits per heavy atom. The van der Waals surface area contributed by atoms with Crippen molar-refractivity contribution in [1.29, 1.82) is 42.1 Å². The van der Waals surface area contributed by atoms with E-state index in [0.717, 1.165) is 6.07 Å². The molecule has 0 bridgehead atoms. The second-order valence-electron chi connectivity index (χ2n) is 20.7. The molecule has 0 fully saturated rings. The van der Waals surface area contributed by atoms with E-state index in [0.29, 0.717) is 99.4 Å². The first-order valence-electron chi connectivity index (χ1n) is 27.1. The predicted octanol–water partition coefficient (Wildman–Crippen LogP) is 17.3. The third-order valence-electron chi connectivity index (χ3n) is 15.8. The average molecular weight is 1130 g/mol. The molecule has 0 atom stereocenters. The lowest BCUT2D eigenvalue weighted by Crippen LogP contribution is -2.12. The van der Waals surface area contributed by atoms with E-state index in [1.165, 1.54) is 30.3 Å². The molecule has 88 heavy (non-hydrogen) atoms. The van der Waals surface area contributed by atoms with Crippen LogP contribution in [0.15, 0.2) is 206 Å². The molecule has 0 amide bonds. The van der Waals surface area contributed by atoms with Crippen molar-refractivity contribution < 1.29 is 13.2 Å². The van der Waals surface area contributed by atoms with Gasteiger partial charge >= 0.3 is 6.18 Å². The minimum Gasteiger partial charge on any atom is -0.307 e. The molecule has 11 nitrogen and oxygen atoms in total. The second kappa shape index (κ2) is 21.4. The van der Waals surface area contributed by atoms with Crippen LogP contribution in [0.2, 0.25) is 0 Å². The minimum atomic E-state index is -4.98. The van der Waals surface area contributed by atoms with Crippen molar-refractivity contribution >= 4 is 43.6 Å². The number of nitrogens with zero attached hydrogens (tertiary/aromatic N) is 11. The van der Waals surface area contributed by atoms with Crippen molar-refractivity contribution in [2.45, 2.75) is 6.18 Å². The zero-order valence-corrected chi connectivity index (χ0v) is 45.7. The van der Waals surface area contributed by atoms with Gasteiger partial charge in [0.1, 0.15) is 0 Å². The Morgan fingerprint density at radius 3 is 0.966 bits per heavy atom. The molecule has 0 aliphatic heterocycles. The summed E-state index contributed by atoms with van der Waals surface area (Å²) in [6.45, 7) is 0. The van der Waals surface area contributed by atoms with E-state index in [-0.39, 0.29) is 67.1 Å². The van der Waals surface area contributed by atoms with Crippen molar-refractivity contribution in [3.63, 3.8) is 0 Å². The maximum Gasteiger partial charge on any atom is 0.417 e. The number of halogens is 3. The van der Waals surface area contributed by atoms with Crippen LogP contribution >= 0.6 is 0 Å². The summed E-state index contributed by atoms with van der Waals surface area (Å²) in [6.07, 6.45) is -4.98. The van der Waals surface area contributed by atoms with Gasteiger partial charge in [0.15, 0.2) is 0 Å². The number of hydrogen-bond donors (Lipinski definition) is 0. The molecule has 3 heterocycles. The van der Waals surface area contributed by atoms with Gasteiger partial charge in [-0.1, -0.05) is 84.9 Å². The molecular formula is C74H34F3N11. The normalized spacial score (nSPS) is 11.0. The lowest BCUT2D eigenvalue weighted by Gasteiger charge is -2.22. The maximum atomic E-state index is 16.5. The van der Waals surface area contributed by atoms with Crippen molar-refractivity contribution in [1.82, 2.24) is 14.1 Å². The first-order valence-corrected chi connectivity index (χ1v) is 27.1. The van der Waals surface area contributed by atoms with E-state index in [1.807, 2.05) is 83.4 Å². The average Bonchev–Trinajstić information content (AvgIpc) is 1.56. The zero-order chi connectivity index (χ0) is 61.0. The molecule has 14 heteroatoms. The number of hydrogen-bond acceptors (Lipinski definition) is 9. The van der Waals surface area contributed by atoms with E-state index in [4.69, 9.17) is 4.98 Å². The van der Waals surface area contributed by atoms with Gasteiger partial charge < -0.3 is 9.13 Å². The van der Waals surface area contributed by atoms with Crippen LogP contribution in [-0.4, -0.2) is 14.1 Å². The molecule has 10 aromatic carbocycles. The lowest BCUT2D eigenvalue weighted by atomic mass is 9.95. The summed E-state index contributed by atoms with van der Waals surface area (Å²) in [5, 5.41) is 83.1. The Bertz CT molecular complexity index is 5290. The van der Waals surface area contributed by atoms with E-state index in [1.54, 1.807) is 95.6 Å². The van der Waals surface area contributed by atoms with Crippen molar-refractivity contribution in [2.75, 3.05) is 0 Å². The Hall–Kier alpha value is -13.3. The molecule has 0 unspecified atom stereocenters. The number of alkyl halides is 3. The highest BCUT2D eigenvalue weighted by Gasteiger charge is 2.37. The number of nitriles is 8. The van der Waals surface area contributed by atoms with Crippen LogP contribution in [0, 0.1) is 90.6 Å². The van der Waals surface area contributed by atoms with Gasteiger partial charge in [-0.3, -0.25) is 0 Å². The maximum absolute atomic E-state index is 16.5. The molecule has 0 aliphatic rings. The third kappa shape index (κ3) is 9.08. The fraction of sp³-hybridized carbons (Fsp3) is 0.0135. The van der Waals surface area contributed by atoms with E-state index < -0.39 is 11.7 Å². The van der Waals surface area contributed by atoms with Crippen LogP contribution in [0.25, 0.3) is 122 Å². The molecule has 406 valence electrons. The zero-order valence-electron chi connectivity index (χ0n) is 45.7. The van der Waals surface area contributed by atoms with Crippen LogP contribution in [0.5, 0.6) is 0 Å². The number of pyridine rings is 1. The van der Waals surface area contributed by atoms with E-state index >= 15 is 13.2 Å². The highest BCUT2D eigenvalue weighted by Crippen LogP contribution is 2.47. The Kier molecular flexibility index (Phi) is 13.1. The first-order chi connectivity index (χ1) is 42.9. The van der Waals surface area contributed by atoms with Gasteiger partial charge in [-0.2, -0.15) is 55.3 Å². The Labute approximate surface area is 500 Å². The number of benzene rings is 10. The molecule has 13 aromatic rings. The van der Waals surface area contributed by atoms with Gasteiger partial charge in [0.2, 0.25) is 0 Å². The van der Waals surface area contributed by atoms with Gasteiger partial charge in [-0.15, -0.1) is 0 Å². The molecule has 0 aliphatic carbocycles. The summed E-state index contributed by atoms with van der Waals surface area (Å²) in [6, 6.07) is 75.0. The molecule has 0 radical (unpaired) electrons. The van der Waals surface area contributed by atoms with Crippen LogP contribution in [0.1, 0.15) is 50.1 Å². The monoisotopic (exact) mass is 1130 g/mol. The summed E-state index contributed by atoms with van der Waals surface area (Å²) in [7, 11) is 0. The van der Waals surface area contributed by atoms with Gasteiger partial charge in [0, 0.05) is 32.7 Å². The predicted molar refractivity (Wildman–Crippen MR) is 328 cm³/mol. The molecule has 0 N–H and O–H groups in total. The van der Waals surface area contributed by atoms with Crippen molar-refractivity contribution in [3.05, 3.63) is 256 Å². The van der Waals surface area contributed by atoms with Crippen molar-refractivity contribution in [2.24, 2.45) is 0 Å². The molecule has 13 rings (SSSR count). The molecular weight excluding hydrogens is 1100 g/mol. The van der Waals surface area contributed by atoms with E-state index in [9.17, 15) is 42.1 Å². The Balaban J connectivity index is 1.18. The molecule has 0 saturated heterocycles. The third-order valence-corrected chi connectivity index (χ3v) is 15.8. The highest BCUT2D eigenvalue weighted by molar-refractivity contribution is 6.14. The smallest absolute Gasteiger partial charge is 0.307 e. The van der Waals surface area contributed by atoms with Crippen LogP contribution < -0.4 is 0 Å². The van der Waals surface area contributed by atoms with Crippen molar-refractivity contribution in [3.8, 4) is 127 Å². The second-order valence-corrected chi connectivity index (χ2v) is 20.7. The SMILES string of the molecule is N#Cc1ccc(-c2ccc3c(c2)c2cc(-c4ccc(C#N)cc4C#N)ccc2n3-c2cc(-c3cccc(-c4ccccc4)n3)c(C(F)(F)F)cc2-n2c3ccc(-c4ccc(C#N)cc4C#N)cc3c3cc(-c4ccc(C#N)cc4C#N)ccc32)c(C#N)c1. The van der Waals surface area contributed by atoms with Gasteiger partial charge in [-0.05, 0) is 166 Å². The largest absolute Gasteiger partial charge is 0.417 e. The fourth-order valence-electron chi connectivity index (χ4n) is 11.8. The summed E-state index contributed by atoms with van der Waals surface area (Å²) >= 11 is 0. The number of rotatable bonds is 8. The standard InChI is InChI=1S/C74H34F3N11/c75-74(76,77)65-34-73(88-70-23-15-50(58-19-11-45(37-80)27-54(58)41-84)31-62(70)63-32-51(16-24-71(63)88)59-20-12-46(38-81)28-55(59)42-85)72(33-64(65)67-8-4-7-66(86-67)47-5-2-1-3-6-47)87-68-21-13-48(56-17-9-43(35-78)25-52(56)39-82)29-60(68)61-30-49(14-22-69(61)87)57-18-10-44(36-79)26-53(57)40-83/h1-34H. The summed E-state index contributed by atoms with van der Waals surface area (Å²) in [5.74, 6) is 0. The topological polar surface area (TPSA) is 213 Å². The van der Waals surface area contributed by atoms with Gasteiger partial charge in [0.05, 0.1) is 143 Å². The number of fused-ring (bicyclic) bond motifs is 6. The number of aromatic nitrogens is 3. The molecule has 3 aromatic heterocycles. The fourth-order valence-corrected chi connectivity index (χ4v) is 11.8. The lowest BCUT2D eigenvalue weighted by molar-refractivity contribution is -0.137. The van der Waals surface area contributed by atoms with Crippen LogP contribution in [0.3, 0.4) is 0 Å². The summed E-state index contributed by atoms with van der Waals surface area (Å²) in [4.78, 5) is 4.91. The van der Waals surface area contributed by atoms with Crippen LogP contribution in [-0.2, 0) is 6.18 Å². The highest BCUT2D eigenvalue weighted by atomic mass is 19.4. The molecule has 0 spiro atoms. The molecule has 0 saturated carbocycles.